The van der Waals surface area contributed by atoms with Crippen molar-refractivity contribution in [3.8, 4) is 0 Å². The Kier molecular flexibility index (Phi) is 7.54. The normalized spacial score (nSPS) is 28.4. The predicted octanol–water partition coefficient (Wildman–Crippen LogP) is 3.96. The third-order valence-corrected chi connectivity index (χ3v) is 4.87. The van der Waals surface area contributed by atoms with Crippen molar-refractivity contribution in [2.24, 2.45) is 5.73 Å². The van der Waals surface area contributed by atoms with Crippen molar-refractivity contribution in [1.82, 2.24) is 0 Å². The minimum atomic E-state index is 0.469. The summed E-state index contributed by atoms with van der Waals surface area (Å²) < 4.78 is 0. The molecule has 1 nitrogen and oxygen atoms in total. The molecule has 0 spiro atoms. The van der Waals surface area contributed by atoms with Gasteiger partial charge in [-0.15, -0.1) is 0 Å². The van der Waals surface area contributed by atoms with Gasteiger partial charge in [-0.1, -0.05) is 45.4 Å². The number of rotatable bonds is 5. The molecule has 0 heterocycles. The highest BCUT2D eigenvalue weighted by Gasteiger charge is 2.19. The van der Waals surface area contributed by atoms with Crippen LogP contribution >= 0.6 is 11.8 Å². The lowest BCUT2D eigenvalue weighted by Crippen LogP contribution is -2.33. The van der Waals surface area contributed by atoms with Gasteiger partial charge in [-0.3, -0.25) is 0 Å². The summed E-state index contributed by atoms with van der Waals surface area (Å²) >= 11 is 2.14. The SMILES string of the molecule is CCCCCSC1CCCCCCC1N. The van der Waals surface area contributed by atoms with Gasteiger partial charge in [0.15, 0.2) is 0 Å². The molecule has 2 N–H and O–H groups in total. The van der Waals surface area contributed by atoms with Crippen LogP contribution < -0.4 is 5.73 Å². The number of hydrogen-bond donors (Lipinski definition) is 1. The summed E-state index contributed by atoms with van der Waals surface area (Å²) in [7, 11) is 0. The average Bonchev–Trinajstić information content (AvgIpc) is 2.22. The maximum absolute atomic E-state index is 6.24. The third-order valence-electron chi connectivity index (χ3n) is 3.33. The van der Waals surface area contributed by atoms with E-state index in [0.29, 0.717) is 6.04 Å². The van der Waals surface area contributed by atoms with Crippen LogP contribution in [0.1, 0.15) is 64.7 Å². The summed E-state index contributed by atoms with van der Waals surface area (Å²) in [4.78, 5) is 0. The first-order chi connectivity index (χ1) is 7.34. The fourth-order valence-corrected chi connectivity index (χ4v) is 3.66. The van der Waals surface area contributed by atoms with Gasteiger partial charge in [-0.05, 0) is 25.0 Å². The summed E-state index contributed by atoms with van der Waals surface area (Å²) in [5, 5.41) is 0.752. The van der Waals surface area contributed by atoms with Crippen molar-refractivity contribution >= 4 is 11.8 Å². The molecule has 2 atom stereocenters. The highest BCUT2D eigenvalue weighted by molar-refractivity contribution is 7.99. The molecule has 0 aromatic heterocycles. The molecular formula is C13H27NS. The molecule has 1 fully saturated rings. The first-order valence-corrected chi connectivity index (χ1v) is 7.76. The van der Waals surface area contributed by atoms with E-state index < -0.39 is 0 Å². The molecule has 0 saturated heterocycles. The van der Waals surface area contributed by atoms with E-state index in [0.717, 1.165) is 5.25 Å². The van der Waals surface area contributed by atoms with E-state index in [-0.39, 0.29) is 0 Å². The molecule has 0 aliphatic heterocycles. The Morgan fingerprint density at radius 2 is 1.80 bits per heavy atom. The fourth-order valence-electron chi connectivity index (χ4n) is 2.27. The first-order valence-electron chi connectivity index (χ1n) is 6.71. The Hall–Kier alpha value is 0.310. The monoisotopic (exact) mass is 229 g/mol. The summed E-state index contributed by atoms with van der Waals surface area (Å²) in [5.74, 6) is 1.33. The van der Waals surface area contributed by atoms with Crippen molar-refractivity contribution in [3.63, 3.8) is 0 Å². The second kappa shape index (κ2) is 8.46. The van der Waals surface area contributed by atoms with Crippen molar-refractivity contribution in [1.29, 1.82) is 0 Å². The number of unbranched alkanes of at least 4 members (excludes halogenated alkanes) is 2. The van der Waals surface area contributed by atoms with Gasteiger partial charge >= 0.3 is 0 Å². The van der Waals surface area contributed by atoms with Crippen molar-refractivity contribution in [3.05, 3.63) is 0 Å². The van der Waals surface area contributed by atoms with Crippen LogP contribution in [-0.4, -0.2) is 17.0 Å². The lowest BCUT2D eigenvalue weighted by atomic mass is 9.97. The highest BCUT2D eigenvalue weighted by atomic mass is 32.2. The lowest BCUT2D eigenvalue weighted by Gasteiger charge is -2.25. The third kappa shape index (κ3) is 5.82. The predicted molar refractivity (Wildman–Crippen MR) is 71.4 cm³/mol. The van der Waals surface area contributed by atoms with E-state index in [1.807, 2.05) is 0 Å². The summed E-state index contributed by atoms with van der Waals surface area (Å²) in [6.07, 6.45) is 12.3. The minimum Gasteiger partial charge on any atom is -0.327 e. The summed E-state index contributed by atoms with van der Waals surface area (Å²) in [6, 6.07) is 0.469. The van der Waals surface area contributed by atoms with Crippen LogP contribution in [0, 0.1) is 0 Å². The van der Waals surface area contributed by atoms with Crippen LogP contribution in [0.2, 0.25) is 0 Å². The molecule has 15 heavy (non-hydrogen) atoms. The summed E-state index contributed by atoms with van der Waals surface area (Å²) in [5.41, 5.74) is 6.24. The van der Waals surface area contributed by atoms with Gasteiger partial charge in [0.05, 0.1) is 0 Å². The molecule has 0 aromatic rings. The number of thioether (sulfide) groups is 1. The second-order valence-electron chi connectivity index (χ2n) is 4.77. The maximum Gasteiger partial charge on any atom is 0.0199 e. The maximum atomic E-state index is 6.24. The molecule has 1 saturated carbocycles. The Balaban J connectivity index is 2.17. The number of nitrogens with two attached hydrogens (primary N) is 1. The second-order valence-corrected chi connectivity index (χ2v) is 6.12. The van der Waals surface area contributed by atoms with Gasteiger partial charge in [-0.25, -0.2) is 0 Å². The van der Waals surface area contributed by atoms with Crippen LogP contribution in [-0.2, 0) is 0 Å². The van der Waals surface area contributed by atoms with Gasteiger partial charge in [-0.2, -0.15) is 11.8 Å². The van der Waals surface area contributed by atoms with Gasteiger partial charge in [0.2, 0.25) is 0 Å². The average molecular weight is 229 g/mol. The van der Waals surface area contributed by atoms with Crippen LogP contribution in [0.15, 0.2) is 0 Å². The first kappa shape index (κ1) is 13.4. The standard InChI is InChI=1S/C13H27NS/c1-2-3-8-11-15-13-10-7-5-4-6-9-12(13)14/h12-13H,2-11,14H2,1H3. The van der Waals surface area contributed by atoms with Crippen molar-refractivity contribution in [2.45, 2.75) is 76.0 Å². The molecular weight excluding hydrogens is 202 g/mol. The fraction of sp³-hybridized carbons (Fsp3) is 1.00. The molecule has 1 aliphatic carbocycles. The molecule has 2 heteroatoms. The van der Waals surface area contributed by atoms with E-state index in [2.05, 4.69) is 18.7 Å². The van der Waals surface area contributed by atoms with E-state index in [1.165, 1.54) is 63.5 Å². The van der Waals surface area contributed by atoms with Crippen LogP contribution in [0.3, 0.4) is 0 Å². The van der Waals surface area contributed by atoms with Crippen LogP contribution in [0.25, 0.3) is 0 Å². The van der Waals surface area contributed by atoms with E-state index >= 15 is 0 Å². The lowest BCUT2D eigenvalue weighted by molar-refractivity contribution is 0.463. The van der Waals surface area contributed by atoms with Gasteiger partial charge in [0, 0.05) is 11.3 Å². The molecule has 0 bridgehead atoms. The number of hydrogen-bond acceptors (Lipinski definition) is 2. The molecule has 2 unspecified atom stereocenters. The van der Waals surface area contributed by atoms with Gasteiger partial charge in [0.1, 0.15) is 0 Å². The Morgan fingerprint density at radius 1 is 1.07 bits per heavy atom. The van der Waals surface area contributed by atoms with Gasteiger partial charge < -0.3 is 5.73 Å². The summed E-state index contributed by atoms with van der Waals surface area (Å²) in [6.45, 7) is 2.27. The smallest absolute Gasteiger partial charge is 0.0199 e. The zero-order valence-electron chi connectivity index (χ0n) is 10.2. The zero-order valence-corrected chi connectivity index (χ0v) is 11.0. The molecule has 1 aliphatic rings. The van der Waals surface area contributed by atoms with Crippen molar-refractivity contribution in [2.75, 3.05) is 5.75 Å². The van der Waals surface area contributed by atoms with Crippen molar-refractivity contribution < 1.29 is 0 Å². The zero-order chi connectivity index (χ0) is 10.9. The Labute approximate surface area is 99.6 Å². The molecule has 1 rings (SSSR count). The Morgan fingerprint density at radius 3 is 2.53 bits per heavy atom. The van der Waals surface area contributed by atoms with E-state index in [1.54, 1.807) is 0 Å². The molecule has 90 valence electrons. The van der Waals surface area contributed by atoms with E-state index in [9.17, 15) is 0 Å². The van der Waals surface area contributed by atoms with Crippen LogP contribution in [0.4, 0.5) is 0 Å². The topological polar surface area (TPSA) is 26.0 Å². The minimum absolute atomic E-state index is 0.469. The van der Waals surface area contributed by atoms with E-state index in [4.69, 9.17) is 5.73 Å². The largest absolute Gasteiger partial charge is 0.327 e. The quantitative estimate of drug-likeness (QED) is 0.722. The highest BCUT2D eigenvalue weighted by Crippen LogP contribution is 2.26. The molecule has 0 aromatic carbocycles. The van der Waals surface area contributed by atoms with Gasteiger partial charge in [0.25, 0.3) is 0 Å². The Bertz CT molecular complexity index is 149. The van der Waals surface area contributed by atoms with Crippen LogP contribution in [0.5, 0.6) is 0 Å². The molecule has 0 radical (unpaired) electrons. The molecule has 0 amide bonds.